The molecule has 30 heavy (non-hydrogen) atoms. The van der Waals surface area contributed by atoms with E-state index in [4.69, 9.17) is 0 Å². The van der Waals surface area contributed by atoms with Gasteiger partial charge in [0.15, 0.2) is 5.65 Å². The molecule has 0 saturated heterocycles. The molecule has 5 rings (SSSR count). The van der Waals surface area contributed by atoms with Crippen molar-refractivity contribution in [2.75, 3.05) is 22.6 Å². The average Bonchev–Trinajstić information content (AvgIpc) is 3.25. The number of fused-ring (bicyclic) bond motifs is 2. The first-order chi connectivity index (χ1) is 14.5. The molecule has 0 unspecified atom stereocenters. The lowest BCUT2D eigenvalue weighted by atomic mass is 9.93. The molecule has 1 aromatic carbocycles. The van der Waals surface area contributed by atoms with Gasteiger partial charge < -0.3 is 20.6 Å². The normalized spacial score (nSPS) is 21.2. The van der Waals surface area contributed by atoms with Crippen LogP contribution in [0.5, 0.6) is 0 Å². The number of benzene rings is 1. The zero-order valence-corrected chi connectivity index (χ0v) is 16.5. The number of carbonyl (C=O) groups excluding carboxylic acids is 2. The van der Waals surface area contributed by atoms with E-state index in [1.165, 1.54) is 4.90 Å². The van der Waals surface area contributed by atoms with Gasteiger partial charge in [0.05, 0.1) is 17.4 Å². The second kappa shape index (κ2) is 7.10. The van der Waals surface area contributed by atoms with Crippen LogP contribution in [0.2, 0.25) is 0 Å². The Morgan fingerprint density at radius 1 is 1.10 bits per heavy atom. The third-order valence-electron chi connectivity index (χ3n) is 5.77. The number of hydrogen-bond acceptors (Lipinski definition) is 7. The molecule has 154 valence electrons. The zero-order valence-electron chi connectivity index (χ0n) is 16.5. The molecule has 0 radical (unpaired) electrons. The smallest absolute Gasteiger partial charge is 0.299 e. The van der Waals surface area contributed by atoms with Crippen LogP contribution in [-0.4, -0.2) is 50.6 Å². The number of nitrogens with one attached hydrogen (secondary N) is 2. The number of carbonyl (C=O) groups is 2. The molecule has 9 nitrogen and oxygen atoms in total. The van der Waals surface area contributed by atoms with Gasteiger partial charge in [-0.05, 0) is 56.0 Å². The van der Waals surface area contributed by atoms with Crippen molar-refractivity contribution in [3.05, 3.63) is 42.0 Å². The van der Waals surface area contributed by atoms with Crippen LogP contribution in [0.1, 0.15) is 36.0 Å². The number of ketones is 1. The first-order valence-corrected chi connectivity index (χ1v) is 10.0. The minimum Gasteiger partial charge on any atom is -0.393 e. The highest BCUT2D eigenvalue weighted by Crippen LogP contribution is 2.31. The molecule has 0 bridgehead atoms. The van der Waals surface area contributed by atoms with Crippen molar-refractivity contribution < 1.29 is 14.7 Å². The van der Waals surface area contributed by atoms with E-state index in [2.05, 4.69) is 20.7 Å². The fourth-order valence-electron chi connectivity index (χ4n) is 4.08. The molecule has 2 aromatic heterocycles. The van der Waals surface area contributed by atoms with Crippen molar-refractivity contribution in [1.29, 1.82) is 0 Å². The topological polar surface area (TPSA) is 112 Å². The monoisotopic (exact) mass is 406 g/mol. The van der Waals surface area contributed by atoms with Crippen LogP contribution in [0.15, 0.2) is 36.4 Å². The number of aliphatic hydroxyl groups excluding tert-OH is 1. The van der Waals surface area contributed by atoms with E-state index < -0.39 is 11.7 Å². The zero-order chi connectivity index (χ0) is 20.8. The maximum absolute atomic E-state index is 12.0. The number of rotatable bonds is 4. The Balaban J connectivity index is 1.39. The SMILES string of the molecule is CN1C(=O)C(=O)c2ccc(Nc3nc4cccc(NC5CCC(O)CC5)n4n3)cc21. The number of aromatic nitrogens is 3. The summed E-state index contributed by atoms with van der Waals surface area (Å²) in [5, 5.41) is 20.9. The predicted molar refractivity (Wildman–Crippen MR) is 112 cm³/mol. The van der Waals surface area contributed by atoms with E-state index >= 15 is 0 Å². The summed E-state index contributed by atoms with van der Waals surface area (Å²) in [4.78, 5) is 29.7. The van der Waals surface area contributed by atoms with Gasteiger partial charge >= 0.3 is 0 Å². The fourth-order valence-corrected chi connectivity index (χ4v) is 4.08. The number of anilines is 4. The van der Waals surface area contributed by atoms with E-state index in [0.29, 0.717) is 34.6 Å². The molecule has 3 heterocycles. The van der Waals surface area contributed by atoms with E-state index in [9.17, 15) is 14.7 Å². The minimum absolute atomic E-state index is 0.196. The Morgan fingerprint density at radius 3 is 2.70 bits per heavy atom. The highest BCUT2D eigenvalue weighted by atomic mass is 16.3. The molecule has 1 saturated carbocycles. The second-order valence-corrected chi connectivity index (χ2v) is 7.82. The van der Waals surface area contributed by atoms with Crippen molar-refractivity contribution in [3.63, 3.8) is 0 Å². The van der Waals surface area contributed by atoms with Crippen LogP contribution in [0.4, 0.5) is 23.1 Å². The number of aliphatic hydroxyl groups is 1. The van der Waals surface area contributed by atoms with Gasteiger partial charge in [-0.15, -0.1) is 5.10 Å². The third kappa shape index (κ3) is 3.17. The van der Waals surface area contributed by atoms with Gasteiger partial charge in [-0.25, -0.2) is 0 Å². The molecule has 1 amide bonds. The van der Waals surface area contributed by atoms with Gasteiger partial charge in [0.2, 0.25) is 5.95 Å². The average molecular weight is 406 g/mol. The molecular formula is C21H22N6O3. The van der Waals surface area contributed by atoms with Crippen molar-refractivity contribution in [2.45, 2.75) is 37.8 Å². The van der Waals surface area contributed by atoms with E-state index in [-0.39, 0.29) is 6.10 Å². The molecule has 1 aliphatic carbocycles. The summed E-state index contributed by atoms with van der Waals surface area (Å²) >= 11 is 0. The number of hydrogen-bond donors (Lipinski definition) is 3. The Morgan fingerprint density at radius 2 is 1.90 bits per heavy atom. The van der Waals surface area contributed by atoms with Crippen LogP contribution in [0, 0.1) is 0 Å². The largest absolute Gasteiger partial charge is 0.393 e. The Bertz CT molecular complexity index is 1150. The van der Waals surface area contributed by atoms with E-state index in [1.807, 2.05) is 18.2 Å². The molecule has 1 aliphatic heterocycles. The van der Waals surface area contributed by atoms with Crippen LogP contribution in [0.25, 0.3) is 5.65 Å². The lowest BCUT2D eigenvalue weighted by molar-refractivity contribution is -0.114. The fraction of sp³-hybridized carbons (Fsp3) is 0.333. The molecule has 0 spiro atoms. The van der Waals surface area contributed by atoms with Gasteiger partial charge in [0.25, 0.3) is 11.7 Å². The lowest BCUT2D eigenvalue weighted by Gasteiger charge is -2.26. The van der Waals surface area contributed by atoms with E-state index in [1.54, 1.807) is 29.8 Å². The highest BCUT2D eigenvalue weighted by Gasteiger charge is 2.33. The Labute approximate surface area is 172 Å². The molecule has 3 aromatic rings. The van der Waals surface area contributed by atoms with Gasteiger partial charge in [0, 0.05) is 18.8 Å². The van der Waals surface area contributed by atoms with Gasteiger partial charge in [-0.1, -0.05) is 6.07 Å². The summed E-state index contributed by atoms with van der Waals surface area (Å²) in [7, 11) is 1.58. The van der Waals surface area contributed by atoms with Crippen LogP contribution in [-0.2, 0) is 4.79 Å². The van der Waals surface area contributed by atoms with Crippen LogP contribution >= 0.6 is 0 Å². The maximum atomic E-state index is 12.0. The quantitative estimate of drug-likeness (QED) is 0.570. The molecule has 0 atom stereocenters. The summed E-state index contributed by atoms with van der Waals surface area (Å²) in [5.74, 6) is 0.246. The summed E-state index contributed by atoms with van der Waals surface area (Å²) in [6, 6.07) is 11.2. The van der Waals surface area contributed by atoms with Crippen LogP contribution in [0.3, 0.4) is 0 Å². The number of nitrogens with zero attached hydrogens (tertiary/aromatic N) is 4. The molecular weight excluding hydrogens is 384 g/mol. The second-order valence-electron chi connectivity index (χ2n) is 7.82. The standard InChI is InChI=1S/C21H22N6O3/c1-26-16-11-13(7-10-15(16)19(29)20(26)30)23-21-24-18-4-2-3-17(27(18)25-21)22-12-5-8-14(28)9-6-12/h2-4,7,10-12,14,22,28H,5-6,8-9H2,1H3,(H,23,25). The van der Waals surface area contributed by atoms with Crippen LogP contribution < -0.4 is 15.5 Å². The molecule has 2 aliphatic rings. The van der Waals surface area contributed by atoms with Gasteiger partial charge in [0.1, 0.15) is 5.82 Å². The summed E-state index contributed by atoms with van der Waals surface area (Å²) in [5.41, 5.74) is 2.36. The predicted octanol–water partition coefficient (Wildman–Crippen LogP) is 2.35. The lowest BCUT2D eigenvalue weighted by Crippen LogP contribution is -2.29. The minimum atomic E-state index is -0.529. The van der Waals surface area contributed by atoms with Crippen molar-refractivity contribution in [3.8, 4) is 0 Å². The summed E-state index contributed by atoms with van der Waals surface area (Å²) in [6.45, 7) is 0. The molecule has 3 N–H and O–H groups in total. The first kappa shape index (κ1) is 18.6. The number of likely N-dealkylation sites (N-methyl/N-ethyl adjacent to an activating group) is 1. The van der Waals surface area contributed by atoms with Crippen molar-refractivity contribution in [1.82, 2.24) is 14.6 Å². The van der Waals surface area contributed by atoms with Gasteiger partial charge in [-0.2, -0.15) is 9.50 Å². The van der Waals surface area contributed by atoms with Crippen molar-refractivity contribution >= 4 is 40.5 Å². The number of amides is 1. The highest BCUT2D eigenvalue weighted by molar-refractivity contribution is 6.52. The first-order valence-electron chi connectivity index (χ1n) is 10.0. The maximum Gasteiger partial charge on any atom is 0.299 e. The summed E-state index contributed by atoms with van der Waals surface area (Å²) in [6.07, 6.45) is 3.23. The summed E-state index contributed by atoms with van der Waals surface area (Å²) < 4.78 is 1.75. The van der Waals surface area contributed by atoms with Gasteiger partial charge in [-0.3, -0.25) is 9.59 Å². The molecule has 1 fully saturated rings. The number of Topliss-reactive ketones (excluding diaryl/α,β-unsaturated/α-hetero) is 1. The molecule has 9 heteroatoms. The van der Waals surface area contributed by atoms with E-state index in [0.717, 1.165) is 31.5 Å². The number of pyridine rings is 1. The third-order valence-corrected chi connectivity index (χ3v) is 5.77. The Kier molecular flexibility index (Phi) is 4.39. The van der Waals surface area contributed by atoms with Crippen molar-refractivity contribution in [2.24, 2.45) is 0 Å². The Hall–Kier alpha value is -3.46.